The van der Waals surface area contributed by atoms with E-state index >= 15 is 0 Å². The van der Waals surface area contributed by atoms with E-state index in [0.29, 0.717) is 11.9 Å². The third kappa shape index (κ3) is 3.37. The third-order valence-corrected chi connectivity index (χ3v) is 3.61. The number of nitrogens with zero attached hydrogens (tertiary/aromatic N) is 2. The topological polar surface area (TPSA) is 63.0 Å². The zero-order valence-corrected chi connectivity index (χ0v) is 13.7. The van der Waals surface area contributed by atoms with Gasteiger partial charge in [-0.15, -0.1) is 5.10 Å². The summed E-state index contributed by atoms with van der Waals surface area (Å²) in [6, 6.07) is 4.60. The molecule has 1 aromatic carbocycles. The Morgan fingerprint density at radius 3 is 2.70 bits per heavy atom. The Bertz CT molecular complexity index is 574. The van der Waals surface area contributed by atoms with Crippen LogP contribution in [0.25, 0.3) is 0 Å². The lowest BCUT2D eigenvalue weighted by molar-refractivity contribution is 0.430. The second-order valence-electron chi connectivity index (χ2n) is 4.79. The third-order valence-electron chi connectivity index (χ3n) is 2.99. The molecule has 0 aliphatic carbocycles. The summed E-state index contributed by atoms with van der Waals surface area (Å²) in [6.07, 6.45) is 0. The van der Waals surface area contributed by atoms with Crippen LogP contribution in [0.3, 0.4) is 0 Å². The highest BCUT2D eigenvalue weighted by Crippen LogP contribution is 2.30. The van der Waals surface area contributed by atoms with E-state index in [2.05, 4.69) is 49.8 Å². The van der Waals surface area contributed by atoms with E-state index in [-0.39, 0.29) is 6.04 Å². The summed E-state index contributed by atoms with van der Waals surface area (Å²) in [5.41, 5.74) is 3.27. The van der Waals surface area contributed by atoms with Crippen LogP contribution in [0.2, 0.25) is 0 Å². The molecule has 0 radical (unpaired) electrons. The molecule has 1 aromatic heterocycles. The number of anilines is 2. The number of aromatic nitrogens is 2. The second kappa shape index (κ2) is 6.37. The minimum atomic E-state index is 0.0469. The smallest absolute Gasteiger partial charge is 0.320 e. The summed E-state index contributed by atoms with van der Waals surface area (Å²) in [5, 5.41) is 14.5. The molecule has 0 fully saturated rings. The molecule has 2 N–H and O–H groups in total. The highest BCUT2D eigenvalue weighted by atomic mass is 79.9. The van der Waals surface area contributed by atoms with Crippen LogP contribution >= 0.6 is 15.9 Å². The van der Waals surface area contributed by atoms with Crippen LogP contribution in [0.5, 0.6) is 0 Å². The molecule has 1 heterocycles. The molecule has 20 heavy (non-hydrogen) atoms. The van der Waals surface area contributed by atoms with Crippen molar-refractivity contribution in [3.05, 3.63) is 33.6 Å². The van der Waals surface area contributed by atoms with Crippen LogP contribution in [0.15, 0.2) is 21.0 Å². The largest absolute Gasteiger partial charge is 0.406 e. The Morgan fingerprint density at radius 1 is 1.30 bits per heavy atom. The number of hydrogen-bond acceptors (Lipinski definition) is 5. The molecule has 1 atom stereocenters. The van der Waals surface area contributed by atoms with Gasteiger partial charge in [-0.2, -0.15) is 0 Å². The Balaban J connectivity index is 2.19. The molecule has 0 amide bonds. The van der Waals surface area contributed by atoms with Gasteiger partial charge in [-0.1, -0.05) is 18.1 Å². The van der Waals surface area contributed by atoms with Crippen molar-refractivity contribution in [1.29, 1.82) is 0 Å². The van der Waals surface area contributed by atoms with Gasteiger partial charge in [0.2, 0.25) is 5.89 Å². The highest BCUT2D eigenvalue weighted by Gasteiger charge is 2.14. The molecule has 0 aliphatic rings. The van der Waals surface area contributed by atoms with Crippen LogP contribution in [0.4, 0.5) is 11.7 Å². The molecule has 1 unspecified atom stereocenters. The quantitative estimate of drug-likeness (QED) is 0.866. The monoisotopic (exact) mass is 338 g/mol. The molecule has 0 saturated carbocycles. The predicted octanol–water partition coefficient (Wildman–Crippen LogP) is 3.86. The number of hydrogen-bond donors (Lipinski definition) is 2. The molecular formula is C14H19BrN4O. The zero-order valence-electron chi connectivity index (χ0n) is 12.1. The van der Waals surface area contributed by atoms with Crippen molar-refractivity contribution in [2.75, 3.05) is 11.9 Å². The Kier molecular flexibility index (Phi) is 4.77. The van der Waals surface area contributed by atoms with Gasteiger partial charge < -0.3 is 15.1 Å². The number of nitrogens with one attached hydrogen (secondary N) is 2. The normalized spacial score (nSPS) is 12.4. The fourth-order valence-corrected chi connectivity index (χ4v) is 2.81. The van der Waals surface area contributed by atoms with E-state index in [1.807, 2.05) is 26.8 Å². The molecule has 0 bridgehead atoms. The number of rotatable bonds is 5. The van der Waals surface area contributed by atoms with E-state index in [1.165, 1.54) is 5.56 Å². The van der Waals surface area contributed by atoms with Gasteiger partial charge in [0.25, 0.3) is 0 Å². The van der Waals surface area contributed by atoms with E-state index in [4.69, 9.17) is 4.42 Å². The van der Waals surface area contributed by atoms with E-state index < -0.39 is 0 Å². The summed E-state index contributed by atoms with van der Waals surface area (Å²) in [7, 11) is 0. The Labute approximate surface area is 127 Å². The minimum Gasteiger partial charge on any atom is -0.406 e. The molecule has 6 heteroatoms. The first-order valence-electron chi connectivity index (χ1n) is 6.61. The minimum absolute atomic E-state index is 0.0469. The van der Waals surface area contributed by atoms with Crippen molar-refractivity contribution in [2.24, 2.45) is 0 Å². The van der Waals surface area contributed by atoms with Gasteiger partial charge in [0.15, 0.2) is 0 Å². The summed E-state index contributed by atoms with van der Waals surface area (Å²) in [4.78, 5) is 0. The summed E-state index contributed by atoms with van der Waals surface area (Å²) >= 11 is 3.55. The lowest BCUT2D eigenvalue weighted by Gasteiger charge is -2.10. The Morgan fingerprint density at radius 2 is 2.05 bits per heavy atom. The summed E-state index contributed by atoms with van der Waals surface area (Å²) in [5.74, 6) is 0.579. The maximum atomic E-state index is 5.63. The zero-order chi connectivity index (χ0) is 14.7. The predicted molar refractivity (Wildman–Crippen MR) is 83.3 cm³/mol. The van der Waals surface area contributed by atoms with Crippen molar-refractivity contribution in [3.63, 3.8) is 0 Å². The van der Waals surface area contributed by atoms with Gasteiger partial charge in [0.05, 0.1) is 11.7 Å². The van der Waals surface area contributed by atoms with Crippen LogP contribution in [0, 0.1) is 13.8 Å². The van der Waals surface area contributed by atoms with Crippen molar-refractivity contribution < 1.29 is 4.42 Å². The first kappa shape index (κ1) is 15.0. The van der Waals surface area contributed by atoms with Gasteiger partial charge in [0.1, 0.15) is 0 Å². The van der Waals surface area contributed by atoms with E-state index in [9.17, 15) is 0 Å². The second-order valence-corrected chi connectivity index (χ2v) is 5.64. The Hall–Kier alpha value is -1.40. The fraction of sp³-hybridized carbons (Fsp3) is 0.429. The fourth-order valence-electron chi connectivity index (χ4n) is 2.03. The first-order chi connectivity index (χ1) is 9.51. The lowest BCUT2D eigenvalue weighted by atomic mass is 10.1. The molecule has 0 saturated heterocycles. The molecular weight excluding hydrogens is 320 g/mol. The molecule has 0 aliphatic heterocycles. The summed E-state index contributed by atoms with van der Waals surface area (Å²) < 4.78 is 6.61. The molecule has 2 aromatic rings. The molecule has 108 valence electrons. The van der Waals surface area contributed by atoms with Gasteiger partial charge in [0, 0.05) is 4.47 Å². The first-order valence-corrected chi connectivity index (χ1v) is 7.41. The summed E-state index contributed by atoms with van der Waals surface area (Å²) in [6.45, 7) is 8.99. The maximum Gasteiger partial charge on any atom is 0.320 e. The molecule has 5 nitrogen and oxygen atoms in total. The van der Waals surface area contributed by atoms with Crippen molar-refractivity contribution in [2.45, 2.75) is 33.7 Å². The van der Waals surface area contributed by atoms with Crippen molar-refractivity contribution in [3.8, 4) is 0 Å². The van der Waals surface area contributed by atoms with Gasteiger partial charge in [-0.05, 0) is 60.4 Å². The molecule has 0 spiro atoms. The van der Waals surface area contributed by atoms with Crippen molar-refractivity contribution in [1.82, 2.24) is 15.5 Å². The average molecular weight is 339 g/mol. The van der Waals surface area contributed by atoms with Crippen LogP contribution in [0.1, 0.15) is 36.9 Å². The number of aryl methyl sites for hydroxylation is 2. The SMILES string of the molecule is CCNC(C)c1nnc(Nc2c(C)cc(C)cc2Br)o1. The number of benzene rings is 1. The average Bonchev–Trinajstić information content (AvgIpc) is 2.82. The van der Waals surface area contributed by atoms with Gasteiger partial charge >= 0.3 is 6.01 Å². The highest BCUT2D eigenvalue weighted by molar-refractivity contribution is 9.10. The van der Waals surface area contributed by atoms with Gasteiger partial charge in [-0.25, -0.2) is 0 Å². The van der Waals surface area contributed by atoms with E-state index in [1.54, 1.807) is 0 Å². The molecule has 2 rings (SSSR count). The van der Waals surface area contributed by atoms with Gasteiger partial charge in [-0.3, -0.25) is 0 Å². The lowest BCUT2D eigenvalue weighted by Crippen LogP contribution is -2.17. The maximum absolute atomic E-state index is 5.63. The van der Waals surface area contributed by atoms with Crippen LogP contribution in [-0.2, 0) is 0 Å². The standard InChI is InChI=1S/C14H19BrN4O/c1-5-16-10(4)13-18-19-14(20-13)17-12-9(3)6-8(2)7-11(12)15/h6-7,10,16H,5H2,1-4H3,(H,17,19). The van der Waals surface area contributed by atoms with E-state index in [0.717, 1.165) is 22.3 Å². The van der Waals surface area contributed by atoms with Crippen LogP contribution in [-0.4, -0.2) is 16.7 Å². The number of halogens is 1. The van der Waals surface area contributed by atoms with Crippen molar-refractivity contribution >= 4 is 27.6 Å². The van der Waals surface area contributed by atoms with Crippen LogP contribution < -0.4 is 10.6 Å².